The fraction of sp³-hybridized carbons (Fsp3) is 0.914. The van der Waals surface area contributed by atoms with Gasteiger partial charge in [0, 0.05) is 20.0 Å². The Kier molecular flexibility index (Phi) is 22.2. The SMILES string of the molecule is CCCC(O)CC(=O)OC1C(OC2C(COC(C)=O)OC(OCCCCCCCCCCCCCCC(=O)O)C(O)C2O)OC(CO)C(O)C1O. The summed E-state index contributed by atoms with van der Waals surface area (Å²) in [6.45, 7) is 2.04. The molecule has 0 aliphatic carbocycles. The number of ether oxygens (including phenoxy) is 6. The van der Waals surface area contributed by atoms with Crippen molar-refractivity contribution < 1.29 is 78.6 Å². The molecule has 0 aromatic carbocycles. The van der Waals surface area contributed by atoms with Crippen molar-refractivity contribution in [3.63, 3.8) is 0 Å². The van der Waals surface area contributed by atoms with Gasteiger partial charge in [0.2, 0.25) is 0 Å². The maximum Gasteiger partial charge on any atom is 0.308 e. The van der Waals surface area contributed by atoms with Gasteiger partial charge in [-0.05, 0) is 19.3 Å². The predicted octanol–water partition coefficient (Wildman–Crippen LogP) is 1.46. The number of unbranched alkanes of at least 4 members (excludes halogenated alkanes) is 11. The molecule has 0 saturated carbocycles. The summed E-state index contributed by atoms with van der Waals surface area (Å²) in [4.78, 5) is 34.8. The fourth-order valence-corrected chi connectivity index (χ4v) is 6.16. The molecule has 16 nitrogen and oxygen atoms in total. The van der Waals surface area contributed by atoms with E-state index in [0.29, 0.717) is 19.3 Å². The van der Waals surface area contributed by atoms with Gasteiger partial charge in [0.05, 0.1) is 19.1 Å². The van der Waals surface area contributed by atoms with Gasteiger partial charge in [0.1, 0.15) is 49.3 Å². The molecule has 298 valence electrons. The number of aliphatic carboxylic acids is 1. The lowest BCUT2D eigenvalue weighted by atomic mass is 9.96. The molecule has 11 unspecified atom stereocenters. The Balaban J connectivity index is 1.88. The summed E-state index contributed by atoms with van der Waals surface area (Å²) in [5, 5.41) is 71.7. The third-order valence-corrected chi connectivity index (χ3v) is 9.07. The monoisotopic (exact) mass is 738 g/mol. The van der Waals surface area contributed by atoms with Gasteiger partial charge in [0.25, 0.3) is 0 Å². The molecule has 2 heterocycles. The van der Waals surface area contributed by atoms with E-state index in [2.05, 4.69) is 0 Å². The van der Waals surface area contributed by atoms with Crippen molar-refractivity contribution >= 4 is 17.9 Å². The second kappa shape index (κ2) is 25.1. The van der Waals surface area contributed by atoms with E-state index >= 15 is 0 Å². The van der Waals surface area contributed by atoms with Gasteiger partial charge in [-0.2, -0.15) is 0 Å². The number of carbonyl (C=O) groups is 3. The summed E-state index contributed by atoms with van der Waals surface area (Å²) in [7, 11) is 0. The van der Waals surface area contributed by atoms with Crippen LogP contribution in [0.1, 0.15) is 117 Å². The van der Waals surface area contributed by atoms with Crippen LogP contribution >= 0.6 is 0 Å². The van der Waals surface area contributed by atoms with Crippen molar-refractivity contribution in [1.82, 2.24) is 0 Å². The Morgan fingerprint density at radius 3 is 1.82 bits per heavy atom. The highest BCUT2D eigenvalue weighted by Gasteiger charge is 2.52. The topological polar surface area (TPSA) is 248 Å². The van der Waals surface area contributed by atoms with Crippen LogP contribution in [0.3, 0.4) is 0 Å². The minimum Gasteiger partial charge on any atom is -0.481 e. The molecule has 2 rings (SSSR count). The number of hydrogen-bond donors (Lipinski definition) is 7. The highest BCUT2D eigenvalue weighted by Crippen LogP contribution is 2.31. The van der Waals surface area contributed by atoms with Gasteiger partial charge >= 0.3 is 17.9 Å². The number of hydrogen-bond acceptors (Lipinski definition) is 15. The average molecular weight is 739 g/mol. The molecule has 7 N–H and O–H groups in total. The predicted molar refractivity (Wildman–Crippen MR) is 179 cm³/mol. The largest absolute Gasteiger partial charge is 0.481 e. The van der Waals surface area contributed by atoms with Crippen molar-refractivity contribution in [2.75, 3.05) is 19.8 Å². The van der Waals surface area contributed by atoms with Crippen LogP contribution in [-0.4, -0.2) is 141 Å². The van der Waals surface area contributed by atoms with Gasteiger partial charge in [-0.3, -0.25) is 14.4 Å². The summed E-state index contributed by atoms with van der Waals surface area (Å²) in [5.41, 5.74) is 0. The summed E-state index contributed by atoms with van der Waals surface area (Å²) in [6.07, 6.45) is -3.67. The molecule has 2 aliphatic heterocycles. The highest BCUT2D eigenvalue weighted by molar-refractivity contribution is 5.70. The first-order valence-electron chi connectivity index (χ1n) is 18.5. The number of carboxylic acid groups (broad SMARTS) is 1. The summed E-state index contributed by atoms with van der Waals surface area (Å²) < 4.78 is 33.6. The zero-order chi connectivity index (χ0) is 37.8. The van der Waals surface area contributed by atoms with E-state index in [-0.39, 0.29) is 13.0 Å². The van der Waals surface area contributed by atoms with Crippen molar-refractivity contribution in [3.8, 4) is 0 Å². The highest BCUT2D eigenvalue weighted by atomic mass is 16.8. The van der Waals surface area contributed by atoms with E-state index < -0.39 is 105 Å². The number of esters is 2. The minimum absolute atomic E-state index is 0.220. The molecular formula is C35H62O16. The van der Waals surface area contributed by atoms with Crippen molar-refractivity contribution in [1.29, 1.82) is 0 Å². The van der Waals surface area contributed by atoms with Crippen LogP contribution in [0.2, 0.25) is 0 Å². The first kappa shape index (κ1) is 45.2. The molecule has 2 fully saturated rings. The first-order valence-corrected chi connectivity index (χ1v) is 18.5. The maximum absolute atomic E-state index is 12.6. The van der Waals surface area contributed by atoms with Crippen molar-refractivity contribution in [3.05, 3.63) is 0 Å². The van der Waals surface area contributed by atoms with Crippen molar-refractivity contribution in [2.45, 2.75) is 184 Å². The molecule has 2 saturated heterocycles. The van der Waals surface area contributed by atoms with Crippen LogP contribution in [0, 0.1) is 0 Å². The summed E-state index contributed by atoms with van der Waals surface area (Å²) in [6, 6.07) is 0. The number of carboxylic acids is 1. The molecular weight excluding hydrogens is 676 g/mol. The second-order valence-electron chi connectivity index (χ2n) is 13.5. The summed E-state index contributed by atoms with van der Waals surface area (Å²) >= 11 is 0. The second-order valence-corrected chi connectivity index (χ2v) is 13.5. The number of rotatable bonds is 26. The Labute approximate surface area is 300 Å². The number of aliphatic hydroxyl groups is 6. The van der Waals surface area contributed by atoms with Crippen LogP contribution < -0.4 is 0 Å². The minimum atomic E-state index is -1.80. The van der Waals surface area contributed by atoms with Gasteiger partial charge < -0.3 is 64.2 Å². The van der Waals surface area contributed by atoms with E-state index in [1.807, 2.05) is 6.92 Å². The van der Waals surface area contributed by atoms with Gasteiger partial charge in [-0.15, -0.1) is 0 Å². The molecule has 0 aromatic heterocycles. The van der Waals surface area contributed by atoms with E-state index in [0.717, 1.165) is 70.6 Å². The zero-order valence-electron chi connectivity index (χ0n) is 30.1. The lowest BCUT2D eigenvalue weighted by Crippen LogP contribution is -2.65. The number of carbonyl (C=O) groups excluding carboxylic acids is 2. The molecule has 51 heavy (non-hydrogen) atoms. The van der Waals surface area contributed by atoms with E-state index in [1.165, 1.54) is 6.92 Å². The van der Waals surface area contributed by atoms with E-state index in [9.17, 15) is 45.0 Å². The molecule has 11 atom stereocenters. The first-order chi connectivity index (χ1) is 24.4. The lowest BCUT2D eigenvalue weighted by molar-refractivity contribution is -0.360. The normalized spacial score (nSPS) is 30.1. The Bertz CT molecular complexity index is 983. The lowest BCUT2D eigenvalue weighted by Gasteiger charge is -2.46. The Hall–Kier alpha value is -1.99. The Morgan fingerprint density at radius 1 is 0.725 bits per heavy atom. The average Bonchev–Trinajstić information content (AvgIpc) is 3.08. The van der Waals surface area contributed by atoms with Crippen LogP contribution in [0.25, 0.3) is 0 Å². The third kappa shape index (κ3) is 16.7. The van der Waals surface area contributed by atoms with E-state index in [4.69, 9.17) is 33.5 Å². The molecule has 0 amide bonds. The van der Waals surface area contributed by atoms with Gasteiger partial charge in [-0.25, -0.2) is 0 Å². The smallest absolute Gasteiger partial charge is 0.308 e. The van der Waals surface area contributed by atoms with Crippen LogP contribution in [-0.2, 0) is 42.8 Å². The molecule has 0 aromatic rings. The number of aliphatic hydroxyl groups excluding tert-OH is 6. The molecule has 2 aliphatic rings. The van der Waals surface area contributed by atoms with Crippen LogP contribution in [0.5, 0.6) is 0 Å². The van der Waals surface area contributed by atoms with Gasteiger partial charge in [0.15, 0.2) is 18.7 Å². The van der Waals surface area contributed by atoms with Crippen molar-refractivity contribution in [2.24, 2.45) is 0 Å². The summed E-state index contributed by atoms with van der Waals surface area (Å²) in [5.74, 6) is -2.32. The molecule has 16 heteroatoms. The van der Waals surface area contributed by atoms with E-state index in [1.54, 1.807) is 0 Å². The quantitative estimate of drug-likeness (QED) is 0.0490. The standard InChI is InChI=1S/C35H62O16/c1-3-16-23(38)19-27(41)50-33-29(43)28(42)24(20-36)48-35(33)51-32-25(21-47-22(2)37)49-34(31(45)30(32)44)46-18-15-13-11-9-7-5-4-6-8-10-12-14-17-26(39)40/h23-25,28-36,38,42-45H,3-21H2,1-2H3,(H,39,40). The molecule has 0 spiro atoms. The Morgan fingerprint density at radius 2 is 1.27 bits per heavy atom. The molecule has 0 radical (unpaired) electrons. The molecule has 0 bridgehead atoms. The van der Waals surface area contributed by atoms with Gasteiger partial charge in [-0.1, -0.05) is 77.6 Å². The third-order valence-electron chi connectivity index (χ3n) is 9.07. The van der Waals surface area contributed by atoms with Crippen LogP contribution in [0.15, 0.2) is 0 Å². The maximum atomic E-state index is 12.6. The van der Waals surface area contributed by atoms with Crippen LogP contribution in [0.4, 0.5) is 0 Å². The fourth-order valence-electron chi connectivity index (χ4n) is 6.16. The zero-order valence-corrected chi connectivity index (χ0v) is 30.1.